The Morgan fingerprint density at radius 1 is 1.12 bits per heavy atom. The predicted octanol–water partition coefficient (Wildman–Crippen LogP) is 3.19. The first-order valence-corrected chi connectivity index (χ1v) is 7.99. The van der Waals surface area contributed by atoms with Gasteiger partial charge in [0.05, 0.1) is 11.6 Å². The molecule has 1 heterocycles. The minimum absolute atomic E-state index is 0.0250. The summed E-state index contributed by atoms with van der Waals surface area (Å²) in [6.45, 7) is 4.08. The average Bonchev–Trinajstić information content (AvgIpc) is 2.58. The van der Waals surface area contributed by atoms with Crippen LogP contribution in [0.3, 0.4) is 0 Å². The molecule has 0 aliphatic carbocycles. The molecule has 1 amide bonds. The van der Waals surface area contributed by atoms with E-state index in [9.17, 15) is 9.59 Å². The van der Waals surface area contributed by atoms with Crippen molar-refractivity contribution in [3.63, 3.8) is 0 Å². The first kappa shape index (κ1) is 16.0. The van der Waals surface area contributed by atoms with Gasteiger partial charge in [0.25, 0.3) is 0 Å². The van der Waals surface area contributed by atoms with Crippen molar-refractivity contribution in [1.29, 1.82) is 0 Å². The number of benzene rings is 2. The molecule has 24 heavy (non-hydrogen) atoms. The summed E-state index contributed by atoms with van der Waals surface area (Å²) in [4.78, 5) is 24.4. The van der Waals surface area contributed by atoms with Crippen molar-refractivity contribution in [3.05, 3.63) is 82.1 Å². The van der Waals surface area contributed by atoms with E-state index in [1.165, 1.54) is 6.07 Å². The third kappa shape index (κ3) is 3.38. The number of carbonyl (C=O) groups is 1. The zero-order chi connectivity index (χ0) is 17.1. The van der Waals surface area contributed by atoms with E-state index < -0.39 is 0 Å². The summed E-state index contributed by atoms with van der Waals surface area (Å²) in [5, 5.41) is 3.64. The summed E-state index contributed by atoms with van der Waals surface area (Å²) >= 11 is 0. The van der Waals surface area contributed by atoms with E-state index in [2.05, 4.69) is 5.32 Å². The van der Waals surface area contributed by atoms with Crippen LogP contribution in [0.25, 0.3) is 10.9 Å². The molecule has 0 bridgehead atoms. The lowest BCUT2D eigenvalue weighted by Gasteiger charge is -2.16. The molecule has 0 fully saturated rings. The Hall–Kier alpha value is -2.88. The van der Waals surface area contributed by atoms with Crippen molar-refractivity contribution in [1.82, 2.24) is 9.88 Å². The molecule has 2 aromatic carbocycles. The molecule has 0 saturated heterocycles. The van der Waals surface area contributed by atoms with Crippen molar-refractivity contribution in [2.75, 3.05) is 0 Å². The molecule has 0 aliphatic heterocycles. The molecule has 0 saturated carbocycles. The van der Waals surface area contributed by atoms with Crippen LogP contribution >= 0.6 is 0 Å². The lowest BCUT2D eigenvalue weighted by molar-refractivity contribution is -0.122. The monoisotopic (exact) mass is 320 g/mol. The molecule has 3 aromatic rings. The van der Waals surface area contributed by atoms with E-state index in [1.54, 1.807) is 6.20 Å². The van der Waals surface area contributed by atoms with Crippen molar-refractivity contribution in [2.24, 2.45) is 0 Å². The van der Waals surface area contributed by atoms with Gasteiger partial charge >= 0.3 is 0 Å². The predicted molar refractivity (Wildman–Crippen MR) is 95.9 cm³/mol. The molecule has 0 aliphatic rings. The number of hydrogen-bond donors (Lipinski definition) is 1. The maximum atomic E-state index is 12.4. The standard InChI is InChI=1S/C20H20N2O2/c1-14-8-9-18-17(12-14)19(23)10-11-22(18)13-20(24)21-15(2)16-6-4-3-5-7-16/h3-12,15H,13H2,1-2H3,(H,21,24)/t15-/m1/s1. The quantitative estimate of drug-likeness (QED) is 0.802. The lowest BCUT2D eigenvalue weighted by atomic mass is 10.1. The first-order chi connectivity index (χ1) is 11.5. The van der Waals surface area contributed by atoms with Crippen LogP contribution in [0.4, 0.5) is 0 Å². The van der Waals surface area contributed by atoms with Gasteiger partial charge in [-0.15, -0.1) is 0 Å². The fraction of sp³-hybridized carbons (Fsp3) is 0.200. The summed E-state index contributed by atoms with van der Waals surface area (Å²) in [6.07, 6.45) is 1.67. The molecule has 4 heteroatoms. The summed E-state index contributed by atoms with van der Waals surface area (Å²) in [5.74, 6) is -0.0862. The molecule has 4 nitrogen and oxygen atoms in total. The van der Waals surface area contributed by atoms with Crippen LogP contribution in [0.15, 0.2) is 65.6 Å². The fourth-order valence-corrected chi connectivity index (χ4v) is 2.83. The summed E-state index contributed by atoms with van der Waals surface area (Å²) in [5.41, 5.74) is 2.84. The maximum Gasteiger partial charge on any atom is 0.240 e. The van der Waals surface area contributed by atoms with Gasteiger partial charge in [-0.3, -0.25) is 9.59 Å². The number of pyridine rings is 1. The van der Waals surface area contributed by atoms with E-state index >= 15 is 0 Å². The Kier molecular flexibility index (Phi) is 4.47. The van der Waals surface area contributed by atoms with Crippen LogP contribution in [0, 0.1) is 6.92 Å². The third-order valence-corrected chi connectivity index (χ3v) is 4.12. The van der Waals surface area contributed by atoms with Gasteiger partial charge in [0.15, 0.2) is 5.43 Å². The van der Waals surface area contributed by atoms with Crippen LogP contribution in [0.5, 0.6) is 0 Å². The lowest BCUT2D eigenvalue weighted by Crippen LogP contribution is -2.30. The van der Waals surface area contributed by atoms with Crippen molar-refractivity contribution in [2.45, 2.75) is 26.4 Å². The largest absolute Gasteiger partial charge is 0.348 e. The van der Waals surface area contributed by atoms with E-state index in [1.807, 2.05) is 66.9 Å². The molecule has 1 aromatic heterocycles. The number of amides is 1. The van der Waals surface area contributed by atoms with Gasteiger partial charge in [-0.25, -0.2) is 0 Å². The Morgan fingerprint density at radius 3 is 2.62 bits per heavy atom. The Labute approximate surface area is 140 Å². The number of aryl methyl sites for hydroxylation is 1. The Bertz CT molecular complexity index is 929. The number of aromatic nitrogens is 1. The number of nitrogens with zero attached hydrogens (tertiary/aromatic N) is 1. The van der Waals surface area contributed by atoms with Gasteiger partial charge in [-0.05, 0) is 31.5 Å². The smallest absolute Gasteiger partial charge is 0.240 e. The van der Waals surface area contributed by atoms with E-state index in [4.69, 9.17) is 0 Å². The van der Waals surface area contributed by atoms with Crippen LogP contribution in [0.2, 0.25) is 0 Å². The molecule has 0 spiro atoms. The van der Waals surface area contributed by atoms with Crippen LogP contribution < -0.4 is 10.7 Å². The molecule has 3 rings (SSSR count). The Balaban J connectivity index is 1.81. The molecule has 122 valence electrons. The van der Waals surface area contributed by atoms with Crippen LogP contribution in [0.1, 0.15) is 24.1 Å². The molecular formula is C20H20N2O2. The SMILES string of the molecule is Cc1ccc2c(c1)c(=O)ccn2CC(=O)N[C@H](C)c1ccccc1. The van der Waals surface area contributed by atoms with Crippen molar-refractivity contribution in [3.8, 4) is 0 Å². The number of hydrogen-bond acceptors (Lipinski definition) is 2. The van der Waals surface area contributed by atoms with Gasteiger partial charge < -0.3 is 9.88 Å². The summed E-state index contributed by atoms with van der Waals surface area (Å²) < 4.78 is 1.81. The molecule has 0 radical (unpaired) electrons. The van der Waals surface area contributed by atoms with Gasteiger partial charge in [0.2, 0.25) is 5.91 Å². The highest BCUT2D eigenvalue weighted by atomic mass is 16.2. The number of fused-ring (bicyclic) bond motifs is 1. The van der Waals surface area contributed by atoms with Gasteiger partial charge in [-0.1, -0.05) is 42.0 Å². The molecular weight excluding hydrogens is 300 g/mol. The van der Waals surface area contributed by atoms with Crippen LogP contribution in [-0.2, 0) is 11.3 Å². The minimum atomic E-state index is -0.0862. The van der Waals surface area contributed by atoms with Crippen molar-refractivity contribution >= 4 is 16.8 Å². The second-order valence-corrected chi connectivity index (χ2v) is 6.03. The second-order valence-electron chi connectivity index (χ2n) is 6.03. The first-order valence-electron chi connectivity index (χ1n) is 7.99. The second kappa shape index (κ2) is 6.71. The van der Waals surface area contributed by atoms with E-state index in [0.717, 1.165) is 16.6 Å². The van der Waals surface area contributed by atoms with Crippen LogP contribution in [-0.4, -0.2) is 10.5 Å². The van der Waals surface area contributed by atoms with E-state index in [0.29, 0.717) is 5.39 Å². The molecule has 1 N–H and O–H groups in total. The van der Waals surface area contributed by atoms with Gasteiger partial charge in [-0.2, -0.15) is 0 Å². The normalized spacial score (nSPS) is 12.1. The summed E-state index contributed by atoms with van der Waals surface area (Å²) in [7, 11) is 0. The maximum absolute atomic E-state index is 12.4. The van der Waals surface area contributed by atoms with E-state index in [-0.39, 0.29) is 23.9 Å². The third-order valence-electron chi connectivity index (χ3n) is 4.12. The van der Waals surface area contributed by atoms with Gasteiger partial charge in [0.1, 0.15) is 6.54 Å². The number of rotatable bonds is 4. The topological polar surface area (TPSA) is 51.1 Å². The zero-order valence-electron chi connectivity index (χ0n) is 13.8. The molecule has 0 unspecified atom stereocenters. The fourth-order valence-electron chi connectivity index (χ4n) is 2.83. The zero-order valence-corrected chi connectivity index (χ0v) is 13.8. The Morgan fingerprint density at radius 2 is 1.88 bits per heavy atom. The molecule has 1 atom stereocenters. The average molecular weight is 320 g/mol. The number of carbonyl (C=O) groups excluding carboxylic acids is 1. The van der Waals surface area contributed by atoms with Crippen molar-refractivity contribution < 1.29 is 4.79 Å². The van der Waals surface area contributed by atoms with Gasteiger partial charge in [0, 0.05) is 17.6 Å². The highest BCUT2D eigenvalue weighted by Crippen LogP contribution is 2.14. The highest BCUT2D eigenvalue weighted by Gasteiger charge is 2.11. The number of nitrogens with one attached hydrogen (secondary N) is 1. The summed E-state index contributed by atoms with van der Waals surface area (Å²) in [6, 6.07) is 17.0. The highest BCUT2D eigenvalue weighted by molar-refractivity contribution is 5.82. The minimum Gasteiger partial charge on any atom is -0.348 e.